The number of methoxy groups -OCH3 is 2. The Morgan fingerprint density at radius 3 is 2.79 bits per heavy atom. The summed E-state index contributed by atoms with van der Waals surface area (Å²) in [7, 11) is 2.82. The number of nitrogen functional groups attached to an aromatic ring is 1. The van der Waals surface area contributed by atoms with Crippen molar-refractivity contribution >= 4 is 33.9 Å². The minimum atomic E-state index is -0.562. The van der Waals surface area contributed by atoms with Gasteiger partial charge in [-0.25, -0.2) is 9.78 Å². The molecule has 5 nitrogen and oxygen atoms in total. The van der Waals surface area contributed by atoms with Gasteiger partial charge in [-0.3, -0.25) is 0 Å². The molecule has 2 aromatic rings. The molecule has 0 fully saturated rings. The fourth-order valence-electron chi connectivity index (χ4n) is 1.53. The molecule has 1 aromatic carbocycles. The zero-order chi connectivity index (χ0) is 14.0. The van der Waals surface area contributed by atoms with Gasteiger partial charge >= 0.3 is 5.97 Å². The molecule has 0 saturated heterocycles. The predicted molar refractivity (Wildman–Crippen MR) is 74.9 cm³/mol. The number of anilines is 1. The van der Waals surface area contributed by atoms with Crippen molar-refractivity contribution in [3.05, 3.63) is 28.9 Å². The normalized spacial score (nSPS) is 10.3. The Morgan fingerprint density at radius 2 is 2.16 bits per heavy atom. The molecule has 0 amide bonds. The first-order chi connectivity index (χ1) is 9.06. The number of benzene rings is 1. The maximum Gasteiger partial charge on any atom is 0.359 e. The second-order valence-corrected chi connectivity index (χ2v) is 5.04. The van der Waals surface area contributed by atoms with Crippen LogP contribution in [-0.4, -0.2) is 25.2 Å². The number of rotatable bonds is 3. The topological polar surface area (TPSA) is 74.4 Å². The Morgan fingerprint density at radius 1 is 1.42 bits per heavy atom. The number of thiazole rings is 1. The van der Waals surface area contributed by atoms with Gasteiger partial charge in [-0.15, -0.1) is 0 Å². The predicted octanol–water partition coefficient (Wildman–Crippen LogP) is 2.84. The number of nitrogens with two attached hydrogens (primary N) is 1. The minimum Gasteiger partial charge on any atom is -0.496 e. The highest BCUT2D eigenvalue weighted by molar-refractivity contribution is 7.19. The molecule has 7 heteroatoms. The lowest BCUT2D eigenvalue weighted by atomic mass is 10.2. The van der Waals surface area contributed by atoms with Crippen LogP contribution in [0, 0.1) is 0 Å². The van der Waals surface area contributed by atoms with Crippen LogP contribution < -0.4 is 10.5 Å². The Labute approximate surface area is 118 Å². The third-order valence-corrected chi connectivity index (χ3v) is 3.58. The van der Waals surface area contributed by atoms with E-state index in [2.05, 4.69) is 9.72 Å². The lowest BCUT2D eigenvalue weighted by Crippen LogP contribution is -2.04. The number of hydrogen-bond donors (Lipinski definition) is 1. The molecule has 0 bridgehead atoms. The summed E-state index contributed by atoms with van der Waals surface area (Å²) in [5.74, 6) is 0.00518. The van der Waals surface area contributed by atoms with Crippen LogP contribution in [0.2, 0.25) is 5.02 Å². The van der Waals surface area contributed by atoms with Crippen molar-refractivity contribution in [1.29, 1.82) is 0 Å². The van der Waals surface area contributed by atoms with Crippen molar-refractivity contribution in [2.24, 2.45) is 0 Å². The highest BCUT2D eigenvalue weighted by atomic mass is 35.5. The van der Waals surface area contributed by atoms with Crippen LogP contribution in [0.15, 0.2) is 18.2 Å². The summed E-state index contributed by atoms with van der Waals surface area (Å²) in [4.78, 5) is 15.7. The number of hydrogen-bond acceptors (Lipinski definition) is 6. The first kappa shape index (κ1) is 13.6. The van der Waals surface area contributed by atoms with E-state index in [4.69, 9.17) is 22.1 Å². The summed E-state index contributed by atoms with van der Waals surface area (Å²) < 4.78 is 9.86. The van der Waals surface area contributed by atoms with Crippen molar-refractivity contribution in [3.63, 3.8) is 0 Å². The third kappa shape index (κ3) is 2.64. The van der Waals surface area contributed by atoms with Crippen molar-refractivity contribution in [1.82, 2.24) is 4.98 Å². The molecule has 0 spiro atoms. The summed E-state index contributed by atoms with van der Waals surface area (Å²) in [5.41, 5.74) is 6.60. The lowest BCUT2D eigenvalue weighted by molar-refractivity contribution is 0.0596. The van der Waals surface area contributed by atoms with Crippen LogP contribution >= 0.6 is 22.9 Å². The van der Waals surface area contributed by atoms with E-state index in [1.807, 2.05) is 0 Å². The smallest absolute Gasteiger partial charge is 0.359 e. The van der Waals surface area contributed by atoms with E-state index in [1.165, 1.54) is 25.6 Å². The largest absolute Gasteiger partial charge is 0.496 e. The van der Waals surface area contributed by atoms with Crippen LogP contribution in [0.1, 0.15) is 10.5 Å². The van der Waals surface area contributed by atoms with Crippen LogP contribution in [0.5, 0.6) is 5.75 Å². The van der Waals surface area contributed by atoms with Crippen molar-refractivity contribution in [3.8, 4) is 16.3 Å². The molecule has 0 aliphatic rings. The summed E-state index contributed by atoms with van der Waals surface area (Å²) in [6.07, 6.45) is 0. The fraction of sp³-hybridized carbons (Fsp3) is 0.167. The van der Waals surface area contributed by atoms with E-state index < -0.39 is 5.97 Å². The highest BCUT2D eigenvalue weighted by Crippen LogP contribution is 2.37. The van der Waals surface area contributed by atoms with Gasteiger partial charge in [0.25, 0.3) is 0 Å². The van der Waals surface area contributed by atoms with Gasteiger partial charge < -0.3 is 15.2 Å². The van der Waals surface area contributed by atoms with E-state index in [0.717, 1.165) is 5.56 Å². The van der Waals surface area contributed by atoms with Gasteiger partial charge in [-0.05, 0) is 18.2 Å². The average Bonchev–Trinajstić information content (AvgIpc) is 2.79. The number of esters is 1. The van der Waals surface area contributed by atoms with Gasteiger partial charge in [0.05, 0.1) is 19.8 Å². The molecule has 1 heterocycles. The Balaban J connectivity index is 2.51. The number of nitrogens with zero attached hydrogens (tertiary/aromatic N) is 1. The standard InChI is InChI=1S/C12H11ClN2O3S/c1-17-8-5-6(13)3-4-7(8)11-15-9(10(14)19-11)12(16)18-2/h3-5H,14H2,1-2H3. The van der Waals surface area contributed by atoms with Gasteiger partial charge in [0, 0.05) is 5.02 Å². The van der Waals surface area contributed by atoms with Gasteiger partial charge in [0.15, 0.2) is 5.69 Å². The van der Waals surface area contributed by atoms with Gasteiger partial charge in [-0.1, -0.05) is 22.9 Å². The Kier molecular flexibility index (Phi) is 3.92. The van der Waals surface area contributed by atoms with Crippen LogP contribution in [0.25, 0.3) is 10.6 Å². The average molecular weight is 299 g/mol. The number of aromatic nitrogens is 1. The first-order valence-electron chi connectivity index (χ1n) is 5.25. The zero-order valence-corrected chi connectivity index (χ0v) is 11.8. The fourth-order valence-corrected chi connectivity index (χ4v) is 2.54. The molecule has 0 atom stereocenters. The van der Waals surface area contributed by atoms with Crippen molar-refractivity contribution < 1.29 is 14.3 Å². The molecular formula is C12H11ClN2O3S. The minimum absolute atomic E-state index is 0.111. The molecule has 19 heavy (non-hydrogen) atoms. The highest BCUT2D eigenvalue weighted by Gasteiger charge is 2.19. The zero-order valence-electron chi connectivity index (χ0n) is 10.3. The summed E-state index contributed by atoms with van der Waals surface area (Å²) in [5, 5.41) is 1.43. The maximum atomic E-state index is 11.5. The second-order valence-electron chi connectivity index (χ2n) is 3.57. The molecule has 0 radical (unpaired) electrons. The molecule has 0 aliphatic carbocycles. The third-order valence-electron chi connectivity index (χ3n) is 2.43. The molecule has 0 unspecified atom stereocenters. The molecule has 0 saturated carbocycles. The lowest BCUT2D eigenvalue weighted by Gasteiger charge is -2.05. The van der Waals surface area contributed by atoms with Gasteiger partial charge in [0.2, 0.25) is 0 Å². The van der Waals surface area contributed by atoms with E-state index in [9.17, 15) is 4.79 Å². The van der Waals surface area contributed by atoms with Crippen molar-refractivity contribution in [2.75, 3.05) is 20.0 Å². The second kappa shape index (κ2) is 5.46. The van der Waals surface area contributed by atoms with E-state index >= 15 is 0 Å². The van der Waals surface area contributed by atoms with E-state index in [-0.39, 0.29) is 5.69 Å². The Hall–Kier alpha value is -1.79. The summed E-state index contributed by atoms with van der Waals surface area (Å²) in [6, 6.07) is 5.15. The quantitative estimate of drug-likeness (QED) is 0.882. The molecule has 100 valence electrons. The van der Waals surface area contributed by atoms with Gasteiger partial charge in [-0.2, -0.15) is 0 Å². The SMILES string of the molecule is COC(=O)c1nc(-c2ccc(Cl)cc2OC)sc1N. The number of carbonyl (C=O) groups is 1. The van der Waals surface area contributed by atoms with Crippen molar-refractivity contribution in [2.45, 2.75) is 0 Å². The first-order valence-corrected chi connectivity index (χ1v) is 6.44. The molecule has 2 rings (SSSR count). The number of ether oxygens (including phenoxy) is 2. The van der Waals surface area contributed by atoms with E-state index in [1.54, 1.807) is 18.2 Å². The molecular weight excluding hydrogens is 288 g/mol. The summed E-state index contributed by atoms with van der Waals surface area (Å²) >= 11 is 7.09. The van der Waals surface area contributed by atoms with E-state index in [0.29, 0.717) is 20.8 Å². The maximum absolute atomic E-state index is 11.5. The van der Waals surface area contributed by atoms with Gasteiger partial charge in [0.1, 0.15) is 15.8 Å². The Bertz CT molecular complexity index is 627. The molecule has 1 aromatic heterocycles. The van der Waals surface area contributed by atoms with Crippen LogP contribution in [0.3, 0.4) is 0 Å². The van der Waals surface area contributed by atoms with Crippen LogP contribution in [0.4, 0.5) is 5.00 Å². The van der Waals surface area contributed by atoms with Crippen LogP contribution in [-0.2, 0) is 4.74 Å². The number of halogens is 1. The monoisotopic (exact) mass is 298 g/mol. The molecule has 0 aliphatic heterocycles. The number of carbonyl (C=O) groups excluding carboxylic acids is 1. The summed E-state index contributed by atoms with van der Waals surface area (Å²) in [6.45, 7) is 0. The molecule has 2 N–H and O–H groups in total.